The van der Waals surface area contributed by atoms with Crippen LogP contribution in [-0.4, -0.2) is 21.8 Å². The number of carbonyl (C=O) groups is 1. The number of amides is 1. The second-order valence-corrected chi connectivity index (χ2v) is 4.90. The average molecular weight is 256 g/mol. The molecule has 98 valence electrons. The molecule has 4 nitrogen and oxygen atoms in total. The predicted octanol–water partition coefficient (Wildman–Crippen LogP) is 2.79. The fourth-order valence-electron chi connectivity index (χ4n) is 2.11. The molecule has 2 heterocycles. The maximum Gasteiger partial charge on any atom is 0.290 e. The molecule has 1 fully saturated rings. The van der Waals surface area contributed by atoms with Crippen molar-refractivity contribution in [1.29, 1.82) is 0 Å². The van der Waals surface area contributed by atoms with E-state index in [4.69, 9.17) is 4.42 Å². The first-order chi connectivity index (χ1) is 9.24. The summed E-state index contributed by atoms with van der Waals surface area (Å²) in [4.78, 5) is 18.6. The Labute approximate surface area is 112 Å². The summed E-state index contributed by atoms with van der Waals surface area (Å²) in [5.41, 5.74) is 0.908. The molecule has 1 aliphatic carbocycles. The van der Waals surface area contributed by atoms with Crippen LogP contribution in [0.5, 0.6) is 0 Å². The number of aryl methyl sites for hydroxylation is 1. The molecule has 0 spiro atoms. The number of rotatable bonds is 4. The van der Waals surface area contributed by atoms with Crippen molar-refractivity contribution < 1.29 is 9.21 Å². The second-order valence-electron chi connectivity index (χ2n) is 4.90. The number of hydrogen-bond donors (Lipinski definition) is 0. The van der Waals surface area contributed by atoms with Crippen molar-refractivity contribution in [1.82, 2.24) is 9.88 Å². The average Bonchev–Trinajstić information content (AvgIpc) is 3.18. The van der Waals surface area contributed by atoms with E-state index in [-0.39, 0.29) is 5.91 Å². The van der Waals surface area contributed by atoms with Crippen molar-refractivity contribution >= 4 is 5.91 Å². The lowest BCUT2D eigenvalue weighted by Gasteiger charge is -2.20. The number of nitrogens with zero attached hydrogens (tertiary/aromatic N) is 2. The van der Waals surface area contributed by atoms with Crippen LogP contribution < -0.4 is 0 Å². The summed E-state index contributed by atoms with van der Waals surface area (Å²) in [5.74, 6) is 1.14. The van der Waals surface area contributed by atoms with Gasteiger partial charge in [-0.15, -0.1) is 0 Å². The molecule has 0 radical (unpaired) electrons. The molecule has 1 aliphatic rings. The van der Waals surface area contributed by atoms with Crippen LogP contribution in [0.4, 0.5) is 0 Å². The fraction of sp³-hybridized carbons (Fsp3) is 0.333. The molecule has 1 saturated carbocycles. The fourth-order valence-corrected chi connectivity index (χ4v) is 2.11. The highest BCUT2D eigenvalue weighted by atomic mass is 16.3. The minimum Gasteiger partial charge on any atom is -0.456 e. The first-order valence-corrected chi connectivity index (χ1v) is 6.51. The molecule has 0 unspecified atom stereocenters. The standard InChI is InChI=1S/C15H16N2O2/c1-11-5-8-14(19-11)15(18)17(13-6-7-13)10-12-4-2-3-9-16-12/h2-5,8-9,13H,6-7,10H2,1H3. The van der Waals surface area contributed by atoms with E-state index in [0.29, 0.717) is 18.3 Å². The summed E-state index contributed by atoms with van der Waals surface area (Å²) in [6.45, 7) is 2.39. The Morgan fingerprint density at radius 2 is 2.21 bits per heavy atom. The molecule has 0 atom stereocenters. The molecule has 0 N–H and O–H groups in total. The number of hydrogen-bond acceptors (Lipinski definition) is 3. The van der Waals surface area contributed by atoms with Crippen LogP contribution in [0.1, 0.15) is 34.9 Å². The van der Waals surface area contributed by atoms with Gasteiger partial charge in [0.25, 0.3) is 5.91 Å². The smallest absolute Gasteiger partial charge is 0.290 e. The normalized spacial score (nSPS) is 14.4. The number of furan rings is 1. The van der Waals surface area contributed by atoms with Crippen molar-refractivity contribution in [2.75, 3.05) is 0 Å². The van der Waals surface area contributed by atoms with E-state index < -0.39 is 0 Å². The van der Waals surface area contributed by atoms with Gasteiger partial charge in [0, 0.05) is 12.2 Å². The van der Waals surface area contributed by atoms with Gasteiger partial charge >= 0.3 is 0 Å². The van der Waals surface area contributed by atoms with Crippen LogP contribution in [-0.2, 0) is 6.54 Å². The first-order valence-electron chi connectivity index (χ1n) is 6.51. The molecule has 4 heteroatoms. The van der Waals surface area contributed by atoms with Crippen LogP contribution in [0.2, 0.25) is 0 Å². The zero-order valence-corrected chi connectivity index (χ0v) is 10.9. The summed E-state index contributed by atoms with van der Waals surface area (Å²) in [5, 5.41) is 0. The van der Waals surface area contributed by atoms with Crippen LogP contribution in [0.25, 0.3) is 0 Å². The van der Waals surface area contributed by atoms with Crippen LogP contribution >= 0.6 is 0 Å². The molecule has 1 amide bonds. The first kappa shape index (κ1) is 12.0. The zero-order valence-electron chi connectivity index (χ0n) is 10.9. The summed E-state index contributed by atoms with van der Waals surface area (Å²) in [6, 6.07) is 9.65. The van der Waals surface area contributed by atoms with Gasteiger partial charge in [-0.2, -0.15) is 0 Å². The molecular formula is C15H16N2O2. The van der Waals surface area contributed by atoms with Crippen molar-refractivity contribution in [3.05, 3.63) is 53.7 Å². The highest BCUT2D eigenvalue weighted by molar-refractivity contribution is 5.91. The van der Waals surface area contributed by atoms with E-state index >= 15 is 0 Å². The molecular weight excluding hydrogens is 240 g/mol. The lowest BCUT2D eigenvalue weighted by atomic mass is 10.3. The van der Waals surface area contributed by atoms with Gasteiger partial charge in [-0.25, -0.2) is 0 Å². The molecule has 0 aromatic carbocycles. The Bertz CT molecular complexity index is 573. The third-order valence-corrected chi connectivity index (χ3v) is 3.26. The van der Waals surface area contributed by atoms with Gasteiger partial charge in [0.15, 0.2) is 5.76 Å². The Morgan fingerprint density at radius 1 is 1.37 bits per heavy atom. The summed E-state index contributed by atoms with van der Waals surface area (Å²) in [7, 11) is 0. The lowest BCUT2D eigenvalue weighted by molar-refractivity contribution is 0.0694. The molecule has 2 aromatic heterocycles. The van der Waals surface area contributed by atoms with Gasteiger partial charge in [0.1, 0.15) is 5.76 Å². The zero-order chi connectivity index (χ0) is 13.2. The Balaban J connectivity index is 1.79. The molecule has 19 heavy (non-hydrogen) atoms. The molecule has 3 rings (SSSR count). The van der Waals surface area contributed by atoms with Crippen molar-refractivity contribution in [2.24, 2.45) is 0 Å². The van der Waals surface area contributed by atoms with Gasteiger partial charge in [0.2, 0.25) is 0 Å². The van der Waals surface area contributed by atoms with E-state index in [1.165, 1.54) is 0 Å². The van der Waals surface area contributed by atoms with Gasteiger partial charge in [-0.3, -0.25) is 9.78 Å². The third-order valence-electron chi connectivity index (χ3n) is 3.26. The van der Waals surface area contributed by atoms with Gasteiger partial charge in [-0.05, 0) is 44.0 Å². The number of carbonyl (C=O) groups excluding carboxylic acids is 1. The van der Waals surface area contributed by atoms with E-state index in [1.54, 1.807) is 12.3 Å². The van der Waals surface area contributed by atoms with Crippen LogP contribution in [0.15, 0.2) is 40.9 Å². The predicted molar refractivity (Wildman–Crippen MR) is 70.6 cm³/mol. The largest absolute Gasteiger partial charge is 0.456 e. The van der Waals surface area contributed by atoms with E-state index in [0.717, 1.165) is 24.3 Å². The van der Waals surface area contributed by atoms with Gasteiger partial charge < -0.3 is 9.32 Å². The van der Waals surface area contributed by atoms with E-state index in [9.17, 15) is 4.79 Å². The summed E-state index contributed by atoms with van der Waals surface area (Å²) >= 11 is 0. The monoisotopic (exact) mass is 256 g/mol. The maximum absolute atomic E-state index is 12.4. The van der Waals surface area contributed by atoms with Crippen LogP contribution in [0, 0.1) is 6.92 Å². The Kier molecular flexibility index (Phi) is 3.07. The lowest BCUT2D eigenvalue weighted by Crippen LogP contribution is -2.32. The van der Waals surface area contributed by atoms with Crippen LogP contribution in [0.3, 0.4) is 0 Å². The minimum absolute atomic E-state index is 0.0405. The molecule has 0 bridgehead atoms. The summed E-state index contributed by atoms with van der Waals surface area (Å²) < 4.78 is 5.43. The highest BCUT2D eigenvalue weighted by Crippen LogP contribution is 2.29. The minimum atomic E-state index is -0.0405. The maximum atomic E-state index is 12.4. The third kappa shape index (κ3) is 2.67. The van der Waals surface area contributed by atoms with E-state index in [2.05, 4.69) is 4.98 Å². The van der Waals surface area contributed by atoms with Crippen molar-refractivity contribution in [3.63, 3.8) is 0 Å². The van der Waals surface area contributed by atoms with Crippen molar-refractivity contribution in [3.8, 4) is 0 Å². The Hall–Kier alpha value is -2.10. The molecule has 2 aromatic rings. The highest BCUT2D eigenvalue weighted by Gasteiger charge is 2.34. The SMILES string of the molecule is Cc1ccc(C(=O)N(Cc2ccccn2)C2CC2)o1. The number of aromatic nitrogens is 1. The summed E-state index contributed by atoms with van der Waals surface area (Å²) in [6.07, 6.45) is 3.89. The molecule has 0 aliphatic heterocycles. The number of pyridine rings is 1. The Morgan fingerprint density at radius 3 is 2.79 bits per heavy atom. The van der Waals surface area contributed by atoms with Gasteiger partial charge in [0.05, 0.1) is 12.2 Å². The topological polar surface area (TPSA) is 46.3 Å². The second kappa shape index (κ2) is 4.88. The van der Waals surface area contributed by atoms with Crippen molar-refractivity contribution in [2.45, 2.75) is 32.4 Å². The van der Waals surface area contributed by atoms with E-state index in [1.807, 2.05) is 36.1 Å². The quantitative estimate of drug-likeness (QED) is 0.845. The van der Waals surface area contributed by atoms with Gasteiger partial charge in [-0.1, -0.05) is 6.07 Å². The molecule has 0 saturated heterocycles.